The topological polar surface area (TPSA) is 67.3 Å². The van der Waals surface area contributed by atoms with Gasteiger partial charge in [0.15, 0.2) is 0 Å². The number of nitrogens with zero attached hydrogens (tertiary/aromatic N) is 3. The van der Waals surface area contributed by atoms with Gasteiger partial charge in [-0.25, -0.2) is 4.98 Å². The molecule has 1 aromatic rings. The van der Waals surface area contributed by atoms with Gasteiger partial charge in [-0.15, -0.1) is 0 Å². The monoisotopic (exact) mass is 306 g/mol. The zero-order valence-electron chi connectivity index (χ0n) is 13.9. The van der Waals surface area contributed by atoms with Crippen LogP contribution in [0.3, 0.4) is 0 Å². The molecule has 1 N–H and O–H groups in total. The first-order valence-electron chi connectivity index (χ1n) is 7.95. The summed E-state index contributed by atoms with van der Waals surface area (Å²) in [5.74, 6) is 1.59. The summed E-state index contributed by atoms with van der Waals surface area (Å²) in [6.45, 7) is 4.31. The Hall–Kier alpha value is -1.85. The summed E-state index contributed by atoms with van der Waals surface area (Å²) in [7, 11) is 3.95. The van der Waals surface area contributed by atoms with Crippen molar-refractivity contribution >= 4 is 17.7 Å². The minimum atomic E-state index is -0.0533. The molecule has 122 valence electrons. The molecule has 1 heterocycles. The van der Waals surface area contributed by atoms with Gasteiger partial charge in [0.25, 0.3) is 0 Å². The molecule has 1 fully saturated rings. The molecule has 0 atom stereocenters. The van der Waals surface area contributed by atoms with Gasteiger partial charge in [-0.1, -0.05) is 0 Å². The molecule has 0 aliphatic heterocycles. The van der Waals surface area contributed by atoms with Crippen molar-refractivity contribution in [2.24, 2.45) is 5.92 Å². The van der Waals surface area contributed by atoms with E-state index >= 15 is 0 Å². The van der Waals surface area contributed by atoms with Gasteiger partial charge in [0, 0.05) is 31.9 Å². The molecule has 2 rings (SSSR count). The van der Waals surface area contributed by atoms with Crippen molar-refractivity contribution in [1.82, 2.24) is 9.97 Å². The molecule has 0 spiro atoms. The number of esters is 1. The van der Waals surface area contributed by atoms with Crippen molar-refractivity contribution < 1.29 is 9.53 Å². The molecule has 1 aliphatic carbocycles. The maximum atomic E-state index is 11.7. The van der Waals surface area contributed by atoms with E-state index in [1.54, 1.807) is 0 Å². The minimum absolute atomic E-state index is 0.0503. The van der Waals surface area contributed by atoms with Gasteiger partial charge >= 0.3 is 5.97 Å². The number of nitrogens with one attached hydrogen (secondary N) is 1. The van der Waals surface area contributed by atoms with Crippen LogP contribution in [-0.4, -0.2) is 42.7 Å². The molecular weight excluding hydrogens is 280 g/mol. The number of aryl methyl sites for hydroxylation is 1. The van der Waals surface area contributed by atoms with Crippen molar-refractivity contribution in [3.05, 3.63) is 11.8 Å². The minimum Gasteiger partial charge on any atom is -0.466 e. The van der Waals surface area contributed by atoms with Crippen molar-refractivity contribution in [1.29, 1.82) is 0 Å². The third-order valence-corrected chi connectivity index (χ3v) is 4.05. The summed E-state index contributed by atoms with van der Waals surface area (Å²) in [5, 5.41) is 3.39. The number of carbonyl (C=O) groups is 1. The maximum absolute atomic E-state index is 11.7. The van der Waals surface area contributed by atoms with Crippen molar-refractivity contribution in [2.45, 2.75) is 45.6 Å². The highest BCUT2D eigenvalue weighted by atomic mass is 16.5. The fraction of sp³-hybridized carbons (Fsp3) is 0.688. The molecule has 0 unspecified atom stereocenters. The Labute approximate surface area is 132 Å². The van der Waals surface area contributed by atoms with E-state index in [9.17, 15) is 4.79 Å². The van der Waals surface area contributed by atoms with E-state index in [1.807, 2.05) is 39.0 Å². The van der Waals surface area contributed by atoms with E-state index in [0.717, 1.165) is 37.1 Å². The highest BCUT2D eigenvalue weighted by molar-refractivity contribution is 5.72. The molecule has 22 heavy (non-hydrogen) atoms. The number of ether oxygens (including phenoxy) is 1. The average molecular weight is 306 g/mol. The highest BCUT2D eigenvalue weighted by Gasteiger charge is 2.27. The molecule has 1 saturated carbocycles. The Bertz CT molecular complexity index is 511. The largest absolute Gasteiger partial charge is 0.466 e. The van der Waals surface area contributed by atoms with E-state index in [1.165, 1.54) is 0 Å². The number of carbonyl (C=O) groups excluding carboxylic acids is 1. The SMILES string of the molecule is CCOC(=O)C1CCC(Nc2ncc(C)c(N(C)C)n2)CC1. The molecule has 0 aromatic carbocycles. The number of aromatic nitrogens is 2. The quantitative estimate of drug-likeness (QED) is 0.843. The second-order valence-electron chi connectivity index (χ2n) is 6.04. The Kier molecular flexibility index (Phi) is 5.57. The summed E-state index contributed by atoms with van der Waals surface area (Å²) >= 11 is 0. The summed E-state index contributed by atoms with van der Waals surface area (Å²) in [6.07, 6.45) is 5.46. The predicted octanol–water partition coefficient (Wildman–Crippen LogP) is 2.38. The van der Waals surface area contributed by atoms with E-state index in [0.29, 0.717) is 18.6 Å². The van der Waals surface area contributed by atoms with E-state index < -0.39 is 0 Å². The fourth-order valence-corrected chi connectivity index (χ4v) is 2.87. The van der Waals surface area contributed by atoms with Crippen LogP contribution in [-0.2, 0) is 9.53 Å². The van der Waals surface area contributed by atoms with Gasteiger partial charge in [-0.3, -0.25) is 4.79 Å². The van der Waals surface area contributed by atoms with Gasteiger partial charge in [0.1, 0.15) is 5.82 Å². The second-order valence-corrected chi connectivity index (χ2v) is 6.04. The highest BCUT2D eigenvalue weighted by Crippen LogP contribution is 2.27. The molecule has 6 heteroatoms. The Morgan fingerprint density at radius 2 is 2.05 bits per heavy atom. The molecule has 1 aromatic heterocycles. The van der Waals surface area contributed by atoms with Crippen LogP contribution >= 0.6 is 0 Å². The van der Waals surface area contributed by atoms with Crippen molar-refractivity contribution in [3.8, 4) is 0 Å². The first-order chi connectivity index (χ1) is 10.5. The molecule has 0 bridgehead atoms. The third kappa shape index (κ3) is 4.08. The fourth-order valence-electron chi connectivity index (χ4n) is 2.87. The zero-order valence-corrected chi connectivity index (χ0v) is 13.9. The lowest BCUT2D eigenvalue weighted by atomic mass is 9.86. The van der Waals surface area contributed by atoms with Crippen LogP contribution in [0, 0.1) is 12.8 Å². The van der Waals surface area contributed by atoms with Gasteiger partial charge in [-0.05, 0) is 39.5 Å². The second kappa shape index (κ2) is 7.42. The number of rotatable bonds is 5. The van der Waals surface area contributed by atoms with Crippen LogP contribution in [0.15, 0.2) is 6.20 Å². The Balaban J connectivity index is 1.91. The van der Waals surface area contributed by atoms with Crippen molar-refractivity contribution in [2.75, 3.05) is 30.9 Å². The number of anilines is 2. The Morgan fingerprint density at radius 3 is 2.64 bits per heavy atom. The van der Waals surface area contributed by atoms with Crippen LogP contribution < -0.4 is 10.2 Å². The third-order valence-electron chi connectivity index (χ3n) is 4.05. The average Bonchev–Trinajstić information content (AvgIpc) is 2.50. The molecule has 0 amide bonds. The van der Waals surface area contributed by atoms with Crippen molar-refractivity contribution in [3.63, 3.8) is 0 Å². The smallest absolute Gasteiger partial charge is 0.308 e. The van der Waals surface area contributed by atoms with Gasteiger partial charge in [0.2, 0.25) is 5.95 Å². The standard InChI is InChI=1S/C16H26N4O2/c1-5-22-15(21)12-6-8-13(9-7-12)18-16-17-10-11(2)14(19-16)20(3)4/h10,12-13H,5-9H2,1-4H3,(H,17,18,19). The van der Waals surface area contributed by atoms with E-state index in [4.69, 9.17) is 4.74 Å². The Morgan fingerprint density at radius 1 is 1.36 bits per heavy atom. The van der Waals surface area contributed by atoms with Crippen LogP contribution in [0.5, 0.6) is 0 Å². The lowest BCUT2D eigenvalue weighted by molar-refractivity contribution is -0.149. The molecule has 1 aliphatic rings. The summed E-state index contributed by atoms with van der Waals surface area (Å²) < 4.78 is 5.10. The van der Waals surface area contributed by atoms with Crippen LogP contribution in [0.25, 0.3) is 0 Å². The maximum Gasteiger partial charge on any atom is 0.308 e. The predicted molar refractivity (Wildman–Crippen MR) is 87.1 cm³/mol. The number of hydrogen-bond acceptors (Lipinski definition) is 6. The van der Waals surface area contributed by atoms with Crippen LogP contribution in [0.1, 0.15) is 38.2 Å². The normalized spacial score (nSPS) is 21.3. The molecule has 6 nitrogen and oxygen atoms in total. The lowest BCUT2D eigenvalue weighted by Crippen LogP contribution is -2.31. The molecular formula is C16H26N4O2. The molecule has 0 radical (unpaired) electrons. The first kappa shape index (κ1) is 16.5. The van der Waals surface area contributed by atoms with Gasteiger partial charge in [0.05, 0.1) is 12.5 Å². The summed E-state index contributed by atoms with van der Waals surface area (Å²) in [4.78, 5) is 22.7. The summed E-state index contributed by atoms with van der Waals surface area (Å²) in [5.41, 5.74) is 1.06. The van der Waals surface area contributed by atoms with E-state index in [-0.39, 0.29) is 11.9 Å². The van der Waals surface area contributed by atoms with Crippen LogP contribution in [0.2, 0.25) is 0 Å². The van der Waals surface area contributed by atoms with Gasteiger partial charge < -0.3 is 15.0 Å². The first-order valence-corrected chi connectivity index (χ1v) is 7.95. The van der Waals surface area contributed by atoms with Gasteiger partial charge in [-0.2, -0.15) is 4.98 Å². The van der Waals surface area contributed by atoms with Crippen LogP contribution in [0.4, 0.5) is 11.8 Å². The lowest BCUT2D eigenvalue weighted by Gasteiger charge is -2.28. The van der Waals surface area contributed by atoms with E-state index in [2.05, 4.69) is 15.3 Å². The zero-order chi connectivity index (χ0) is 16.1. The molecule has 0 saturated heterocycles. The summed E-state index contributed by atoms with van der Waals surface area (Å²) in [6, 6.07) is 0.323. The number of hydrogen-bond donors (Lipinski definition) is 1.